The van der Waals surface area contributed by atoms with Crippen molar-refractivity contribution in [2.24, 2.45) is 0 Å². The minimum absolute atomic E-state index is 0. The van der Waals surface area contributed by atoms with Crippen molar-refractivity contribution in [3.63, 3.8) is 0 Å². The number of hydrogen-bond donors (Lipinski definition) is 0. The molecule has 0 nitrogen and oxygen atoms in total. The van der Waals surface area contributed by atoms with Crippen molar-refractivity contribution in [2.75, 3.05) is 0 Å². The van der Waals surface area contributed by atoms with Gasteiger partial charge in [0.1, 0.15) is 0 Å². The van der Waals surface area contributed by atoms with Crippen LogP contribution in [0.4, 0.5) is 0 Å². The van der Waals surface area contributed by atoms with Crippen LogP contribution in [0.5, 0.6) is 0 Å². The van der Waals surface area contributed by atoms with Gasteiger partial charge < -0.3 is 0 Å². The summed E-state index contributed by atoms with van der Waals surface area (Å²) in [6.07, 6.45) is 0. The van der Waals surface area contributed by atoms with Gasteiger partial charge in [0.2, 0.25) is 0 Å². The maximum atomic E-state index is 0. The van der Waals surface area contributed by atoms with Crippen LogP contribution >= 0.6 is 0 Å². The third-order valence-corrected chi connectivity index (χ3v) is 0. The third-order valence-electron chi connectivity index (χ3n) is 0. The van der Waals surface area contributed by atoms with Gasteiger partial charge in [-0.05, 0) is 11.0 Å². The molecule has 0 unspecified atom stereocenters. The number of hydrogen-bond acceptors (Lipinski definition) is 0. The Morgan fingerprint density at radius 3 is 1.00 bits per heavy atom. The van der Waals surface area contributed by atoms with Crippen LogP contribution in [0, 0.1) is 0 Å². The summed E-state index contributed by atoms with van der Waals surface area (Å²) >= 11 is 0. The van der Waals surface area contributed by atoms with Crippen LogP contribution in [-0.2, 0) is 33.6 Å². The molecule has 6 heteroatoms. The maximum absolute atomic E-state index is 0. The fourth-order valence-electron chi connectivity index (χ4n) is 0. The molecule has 0 aliphatic carbocycles. The van der Waals surface area contributed by atoms with Crippen molar-refractivity contribution >= 4 is 79.5 Å². The Kier molecular flexibility index (Phi) is 367. The summed E-state index contributed by atoms with van der Waals surface area (Å²) in [4.78, 5) is 0. The van der Waals surface area contributed by atoms with Crippen molar-refractivity contribution in [3.05, 3.63) is 0 Å². The van der Waals surface area contributed by atoms with Crippen LogP contribution < -0.4 is 0 Å². The molecule has 0 spiro atoms. The van der Waals surface area contributed by atoms with Gasteiger partial charge in [0, 0.05) is 33.6 Å². The van der Waals surface area contributed by atoms with E-state index < -0.39 is 0 Å². The van der Waals surface area contributed by atoms with Crippen LogP contribution in [-0.4, -0.2) is 79.5 Å². The molecule has 0 rings (SSSR count). The first kappa shape index (κ1) is 56.3. The van der Waals surface area contributed by atoms with E-state index in [1.165, 1.54) is 0 Å². The first-order valence-electron chi connectivity index (χ1n) is 0. The Hall–Kier alpha value is 3.48. The monoisotopic (exact) mass is 507 g/mol. The summed E-state index contributed by atoms with van der Waals surface area (Å²) < 4.78 is 0. The molecule has 43 valence electrons. The molecular weight excluding hydrogens is 495 g/mol. The summed E-state index contributed by atoms with van der Waals surface area (Å²) in [6, 6.07) is 0. The Morgan fingerprint density at radius 2 is 1.00 bits per heavy atom. The van der Waals surface area contributed by atoms with Crippen LogP contribution in [0.15, 0.2) is 0 Å². The van der Waals surface area contributed by atoms with Crippen molar-refractivity contribution in [1.29, 1.82) is 0 Å². The molecule has 0 saturated carbocycles. The molecule has 0 bridgehead atoms. The zero-order valence-electron chi connectivity index (χ0n) is 2.11. The molecule has 0 atom stereocenters. The normalized spacial score (nSPS) is 0. The van der Waals surface area contributed by atoms with E-state index in [2.05, 4.69) is 0 Å². The van der Waals surface area contributed by atoms with Crippen LogP contribution in [0.1, 0.15) is 0 Å². The van der Waals surface area contributed by atoms with E-state index >= 15 is 0 Å². The quantitative estimate of drug-likeness (QED) is 0.292. The second-order valence-corrected chi connectivity index (χ2v) is 0. The molecule has 5 radical (unpaired) electrons. The molecule has 0 heterocycles. The van der Waals surface area contributed by atoms with Gasteiger partial charge in [-0.2, -0.15) is 0 Å². The topological polar surface area (TPSA) is 0 Å². The van der Waals surface area contributed by atoms with Crippen molar-refractivity contribution in [3.8, 4) is 0 Å². The Balaban J connectivity index is 0. The minimum atomic E-state index is 0. The Labute approximate surface area is 111 Å². The van der Waals surface area contributed by atoms with E-state index in [0.717, 1.165) is 0 Å². The zero-order valence-corrected chi connectivity index (χ0v) is 13.8. The van der Waals surface area contributed by atoms with E-state index in [9.17, 15) is 0 Å². The molecule has 6 heavy (non-hydrogen) atoms. The Morgan fingerprint density at radius 1 is 1.00 bits per heavy atom. The molecule has 0 saturated heterocycles. The van der Waals surface area contributed by atoms with E-state index in [0.29, 0.717) is 0 Å². The predicted molar refractivity (Wildman–Crippen MR) is 38.4 cm³/mol. The fraction of sp³-hybridized carbons (Fsp3) is 0. The van der Waals surface area contributed by atoms with Crippen LogP contribution in [0.2, 0.25) is 0 Å². The average Bonchev–Trinajstić information content (AvgIpc) is 0. The second kappa shape index (κ2) is 39.2. The molecule has 0 N–H and O–H groups in total. The third kappa shape index (κ3) is 25.9. The van der Waals surface area contributed by atoms with Gasteiger partial charge in [-0.25, -0.2) is 0 Å². The van der Waals surface area contributed by atoms with Crippen molar-refractivity contribution in [2.45, 2.75) is 0 Å². The average molecular weight is 506 g/mol. The van der Waals surface area contributed by atoms with Crippen LogP contribution in [0.25, 0.3) is 0 Å². The van der Waals surface area contributed by atoms with Crippen molar-refractivity contribution < 1.29 is 33.6 Å². The van der Waals surface area contributed by atoms with Gasteiger partial charge >= 0.3 is 51.2 Å². The molecule has 0 aliphatic rings. The molecule has 0 aromatic rings. The standard InChI is InChI=1S/Al.Mn.Ni.Pb.H4Si.Sn.7H/h;;;;1H4;;;;;;;;. The first-order valence-corrected chi connectivity index (χ1v) is 0. The van der Waals surface area contributed by atoms with Gasteiger partial charge in [0.05, 0.1) is 0 Å². The second-order valence-electron chi connectivity index (χ2n) is 0. The van der Waals surface area contributed by atoms with Gasteiger partial charge in [0.15, 0.2) is 17.4 Å². The number of rotatable bonds is 0. The van der Waals surface area contributed by atoms with E-state index in [-0.39, 0.29) is 113 Å². The Bertz CT molecular complexity index is 15.5. The van der Waals surface area contributed by atoms with Gasteiger partial charge in [0.25, 0.3) is 0 Å². The molecule has 0 fully saturated rings. The van der Waals surface area contributed by atoms with Gasteiger partial charge in [-0.15, -0.1) is 0 Å². The summed E-state index contributed by atoms with van der Waals surface area (Å²) in [7, 11) is 0. The van der Waals surface area contributed by atoms with Gasteiger partial charge in [-0.1, -0.05) is 0 Å². The molecular formula is H11AlMnNiPbSiSn. The molecule has 0 aromatic carbocycles. The molecule has 0 aliphatic heterocycles. The fourth-order valence-corrected chi connectivity index (χ4v) is 0. The molecule has 0 aromatic heterocycles. The van der Waals surface area contributed by atoms with Gasteiger partial charge in [-0.3, -0.25) is 0 Å². The summed E-state index contributed by atoms with van der Waals surface area (Å²) in [6.45, 7) is 0. The summed E-state index contributed by atoms with van der Waals surface area (Å²) in [5, 5.41) is 0. The molecule has 0 amide bonds. The predicted octanol–water partition coefficient (Wildman–Crippen LogP) is -4.47. The van der Waals surface area contributed by atoms with E-state index in [4.69, 9.17) is 0 Å². The van der Waals surface area contributed by atoms with E-state index in [1.54, 1.807) is 0 Å². The van der Waals surface area contributed by atoms with Crippen molar-refractivity contribution in [1.82, 2.24) is 0 Å². The zero-order chi connectivity index (χ0) is 0. The van der Waals surface area contributed by atoms with Crippen LogP contribution in [0.3, 0.4) is 0 Å². The summed E-state index contributed by atoms with van der Waals surface area (Å²) in [5.41, 5.74) is 0. The first-order chi connectivity index (χ1) is 0. The SMILES string of the molecule is [AlH3].[Mn].[Ni].[PbH2].[SiH4].[SnH2]. The summed E-state index contributed by atoms with van der Waals surface area (Å²) in [5.74, 6) is 0. The van der Waals surface area contributed by atoms with E-state index in [1.807, 2.05) is 0 Å².